The van der Waals surface area contributed by atoms with Crippen LogP contribution < -0.4 is 10.6 Å². The van der Waals surface area contributed by atoms with E-state index in [1.54, 1.807) is 17.4 Å². The molecule has 1 atom stereocenters. The molecule has 0 amide bonds. The number of nitrogens with one attached hydrogen (secondary N) is 2. The molecule has 194 valence electrons. The molecule has 0 radical (unpaired) electrons. The summed E-state index contributed by atoms with van der Waals surface area (Å²) in [5.41, 5.74) is 7.40. The van der Waals surface area contributed by atoms with Gasteiger partial charge in [0.1, 0.15) is 17.8 Å². The number of benzene rings is 2. The second-order valence-electron chi connectivity index (χ2n) is 11.1. The molecule has 3 heterocycles. The van der Waals surface area contributed by atoms with Gasteiger partial charge in [-0.05, 0) is 42.0 Å². The Labute approximate surface area is 230 Å². The number of hydrogen-bond acceptors (Lipinski definition) is 9. The Bertz CT molecular complexity index is 1780. The van der Waals surface area contributed by atoms with Crippen LogP contribution in [0.25, 0.3) is 21.1 Å². The number of rotatable bonds is 7. The van der Waals surface area contributed by atoms with Crippen LogP contribution in [-0.2, 0) is 0 Å². The van der Waals surface area contributed by atoms with Crippen LogP contribution in [0.15, 0.2) is 48.2 Å². The minimum absolute atomic E-state index is 0.0118. The van der Waals surface area contributed by atoms with E-state index in [1.165, 1.54) is 6.20 Å². The fraction of sp³-hybridized carbons (Fsp3) is 0.310. The molecule has 39 heavy (non-hydrogen) atoms. The maximum atomic E-state index is 10.1. The van der Waals surface area contributed by atoms with Crippen molar-refractivity contribution in [1.82, 2.24) is 25.0 Å². The van der Waals surface area contributed by atoms with Crippen molar-refractivity contribution >= 4 is 43.8 Å². The molecule has 5 aromatic rings. The zero-order chi connectivity index (χ0) is 27.1. The molecular weight excluding hydrogens is 506 g/mol. The van der Waals surface area contributed by atoms with Crippen molar-refractivity contribution in [2.24, 2.45) is 5.41 Å². The van der Waals surface area contributed by atoms with Crippen LogP contribution in [0.1, 0.15) is 68.1 Å². The molecule has 1 saturated carbocycles. The number of thiazole rings is 1. The molecule has 2 aromatic carbocycles. The molecule has 0 aliphatic heterocycles. The van der Waals surface area contributed by atoms with E-state index >= 15 is 0 Å². The van der Waals surface area contributed by atoms with Gasteiger partial charge in [0.05, 0.1) is 56.3 Å². The van der Waals surface area contributed by atoms with Crippen LogP contribution in [0.4, 0.5) is 11.4 Å². The molecule has 2 N–H and O–H groups in total. The van der Waals surface area contributed by atoms with Gasteiger partial charge < -0.3 is 10.6 Å². The van der Waals surface area contributed by atoms with Crippen LogP contribution in [0.3, 0.4) is 0 Å². The summed E-state index contributed by atoms with van der Waals surface area (Å²) in [5.74, 6) is 0. The maximum Gasteiger partial charge on any atom is 0.110 e. The fourth-order valence-corrected chi connectivity index (χ4v) is 5.49. The number of anilines is 2. The molecule has 6 rings (SSSR count). The van der Waals surface area contributed by atoms with E-state index in [1.807, 2.05) is 34.6 Å². The number of pyridine rings is 1. The molecule has 10 heteroatoms. The summed E-state index contributed by atoms with van der Waals surface area (Å²) in [5, 5.41) is 36.7. The molecule has 1 fully saturated rings. The van der Waals surface area contributed by atoms with E-state index in [-0.39, 0.29) is 11.5 Å². The standard InChI is InChI=1S/C29H27N9S/c1-29(2,3)15-33-26-18(12-31)13-32-25-17(11-30)9-19(10-22(25)26)35-27(24-14-38(37-36-24)20-7-8-20)21-5-4-6-23-28(21)39-16-34-23/h4-6,9-10,13-14,16,20,27,35H,7-8,15H2,1-3H3,(H,32,33)/t27-/m0/s1. The first-order valence-electron chi connectivity index (χ1n) is 12.9. The van der Waals surface area contributed by atoms with E-state index in [0.29, 0.717) is 34.9 Å². The monoisotopic (exact) mass is 533 g/mol. The first-order chi connectivity index (χ1) is 18.8. The minimum Gasteiger partial charge on any atom is -0.383 e. The highest BCUT2D eigenvalue weighted by Gasteiger charge is 2.28. The van der Waals surface area contributed by atoms with Crippen LogP contribution >= 0.6 is 11.3 Å². The zero-order valence-electron chi connectivity index (χ0n) is 21.9. The number of nitrogens with zero attached hydrogens (tertiary/aromatic N) is 7. The van der Waals surface area contributed by atoms with Gasteiger partial charge in [-0.2, -0.15) is 10.5 Å². The van der Waals surface area contributed by atoms with E-state index in [0.717, 1.165) is 45.4 Å². The molecule has 9 nitrogen and oxygen atoms in total. The first kappa shape index (κ1) is 24.8. The lowest BCUT2D eigenvalue weighted by Gasteiger charge is -2.22. The first-order valence-corrected chi connectivity index (χ1v) is 13.7. The average Bonchev–Trinajstić information content (AvgIpc) is 3.45. The molecule has 0 spiro atoms. The molecule has 0 unspecified atom stereocenters. The molecule has 0 saturated heterocycles. The SMILES string of the molecule is CC(C)(C)CNc1c(C#N)cnc2c(C#N)cc(N[C@H](c3cn(C4CC4)nn3)c3cccc4ncsc34)cc12. The van der Waals surface area contributed by atoms with Crippen LogP contribution in [0.5, 0.6) is 0 Å². The van der Waals surface area contributed by atoms with Crippen molar-refractivity contribution in [3.05, 3.63) is 70.6 Å². The zero-order valence-corrected chi connectivity index (χ0v) is 22.8. The van der Waals surface area contributed by atoms with Gasteiger partial charge in [0.2, 0.25) is 0 Å². The fourth-order valence-electron chi connectivity index (χ4n) is 4.65. The second-order valence-corrected chi connectivity index (χ2v) is 11.9. The Kier molecular flexibility index (Phi) is 6.13. The van der Waals surface area contributed by atoms with Gasteiger partial charge in [-0.25, -0.2) is 9.67 Å². The topological polar surface area (TPSA) is 128 Å². The third kappa shape index (κ3) is 4.87. The summed E-state index contributed by atoms with van der Waals surface area (Å²) < 4.78 is 3.01. The molecular formula is C29H27N9S. The van der Waals surface area contributed by atoms with E-state index in [9.17, 15) is 10.5 Å². The van der Waals surface area contributed by atoms with Gasteiger partial charge in [-0.3, -0.25) is 4.98 Å². The summed E-state index contributed by atoms with van der Waals surface area (Å²) in [7, 11) is 0. The summed E-state index contributed by atoms with van der Waals surface area (Å²) in [6.45, 7) is 7.04. The molecule has 1 aliphatic rings. The van der Waals surface area contributed by atoms with E-state index < -0.39 is 0 Å². The second kappa shape index (κ2) is 9.64. The van der Waals surface area contributed by atoms with Crippen molar-refractivity contribution in [3.8, 4) is 12.1 Å². The Morgan fingerprint density at radius 1 is 1.13 bits per heavy atom. The number of aromatic nitrogens is 5. The summed E-state index contributed by atoms with van der Waals surface area (Å²) in [6.07, 6.45) is 5.76. The highest BCUT2D eigenvalue weighted by atomic mass is 32.1. The highest BCUT2D eigenvalue weighted by molar-refractivity contribution is 7.17. The van der Waals surface area contributed by atoms with Crippen LogP contribution in [0, 0.1) is 28.1 Å². The maximum absolute atomic E-state index is 10.1. The van der Waals surface area contributed by atoms with Crippen molar-refractivity contribution in [2.45, 2.75) is 45.7 Å². The molecule has 3 aromatic heterocycles. The number of hydrogen-bond donors (Lipinski definition) is 2. The summed E-state index contributed by atoms with van der Waals surface area (Å²) >= 11 is 1.58. The van der Waals surface area contributed by atoms with Crippen LogP contribution in [0.2, 0.25) is 0 Å². The Balaban J connectivity index is 1.49. The average molecular weight is 534 g/mol. The Hall–Kier alpha value is -4.54. The van der Waals surface area contributed by atoms with E-state index in [4.69, 9.17) is 0 Å². The quantitative estimate of drug-likeness (QED) is 0.254. The lowest BCUT2D eigenvalue weighted by Crippen LogP contribution is -2.20. The lowest BCUT2D eigenvalue weighted by molar-refractivity contribution is 0.443. The largest absolute Gasteiger partial charge is 0.383 e. The molecule has 0 bridgehead atoms. The van der Waals surface area contributed by atoms with Gasteiger partial charge in [0.25, 0.3) is 0 Å². The van der Waals surface area contributed by atoms with Crippen molar-refractivity contribution < 1.29 is 0 Å². The Morgan fingerprint density at radius 2 is 1.95 bits per heavy atom. The van der Waals surface area contributed by atoms with Gasteiger partial charge >= 0.3 is 0 Å². The van der Waals surface area contributed by atoms with E-state index in [2.05, 4.69) is 69.9 Å². The smallest absolute Gasteiger partial charge is 0.110 e. The lowest BCUT2D eigenvalue weighted by atomic mass is 9.96. The predicted octanol–water partition coefficient (Wildman–Crippen LogP) is 6.17. The van der Waals surface area contributed by atoms with Gasteiger partial charge in [-0.15, -0.1) is 16.4 Å². The summed E-state index contributed by atoms with van der Waals surface area (Å²) in [4.78, 5) is 8.99. The van der Waals surface area contributed by atoms with Crippen molar-refractivity contribution in [3.63, 3.8) is 0 Å². The third-order valence-corrected chi connectivity index (χ3v) is 7.65. The Morgan fingerprint density at radius 3 is 2.69 bits per heavy atom. The van der Waals surface area contributed by atoms with Gasteiger partial charge in [0, 0.05) is 23.8 Å². The van der Waals surface area contributed by atoms with Crippen molar-refractivity contribution in [1.29, 1.82) is 10.5 Å². The van der Waals surface area contributed by atoms with Gasteiger partial charge in [0.15, 0.2) is 0 Å². The predicted molar refractivity (Wildman–Crippen MR) is 152 cm³/mol. The van der Waals surface area contributed by atoms with Gasteiger partial charge in [-0.1, -0.05) is 38.1 Å². The number of fused-ring (bicyclic) bond motifs is 2. The van der Waals surface area contributed by atoms with Crippen molar-refractivity contribution in [2.75, 3.05) is 17.2 Å². The third-order valence-electron chi connectivity index (χ3n) is 6.76. The summed E-state index contributed by atoms with van der Waals surface area (Å²) in [6, 6.07) is 14.5. The molecule has 1 aliphatic carbocycles. The normalized spacial score (nSPS) is 14.2. The van der Waals surface area contributed by atoms with Crippen LogP contribution in [-0.4, -0.2) is 31.5 Å². The minimum atomic E-state index is -0.330. The number of nitriles is 2. The highest BCUT2D eigenvalue weighted by Crippen LogP contribution is 2.38.